The molecule has 0 radical (unpaired) electrons. The largest absolute Gasteiger partial charge is 0.379 e. The molecule has 0 aromatic heterocycles. The summed E-state index contributed by atoms with van der Waals surface area (Å²) < 4.78 is 5.48. The van der Waals surface area contributed by atoms with Crippen LogP contribution in [0.2, 0.25) is 0 Å². The van der Waals surface area contributed by atoms with E-state index in [1.807, 2.05) is 23.1 Å². The van der Waals surface area contributed by atoms with Gasteiger partial charge in [0.05, 0.1) is 25.8 Å². The van der Waals surface area contributed by atoms with E-state index in [1.54, 1.807) is 0 Å². The van der Waals surface area contributed by atoms with Crippen LogP contribution in [0.25, 0.3) is 0 Å². The molecule has 0 bridgehead atoms. The van der Waals surface area contributed by atoms with Gasteiger partial charge in [-0.2, -0.15) is 0 Å². The summed E-state index contributed by atoms with van der Waals surface area (Å²) in [6, 6.07) is 10.8. The van der Waals surface area contributed by atoms with E-state index in [2.05, 4.69) is 22.3 Å². The first-order valence-corrected chi connectivity index (χ1v) is 9.05. The number of ether oxygens (including phenoxy) is 1. The van der Waals surface area contributed by atoms with E-state index in [-0.39, 0.29) is 24.4 Å². The van der Waals surface area contributed by atoms with Gasteiger partial charge in [-0.1, -0.05) is 30.3 Å². The summed E-state index contributed by atoms with van der Waals surface area (Å²) in [5.74, 6) is -0.163. The fraction of sp³-hybridized carbons (Fsp3) is 0.579. The molecule has 0 spiro atoms. The van der Waals surface area contributed by atoms with E-state index in [1.165, 1.54) is 12.5 Å². The highest BCUT2D eigenvalue weighted by Gasteiger charge is 2.40. The summed E-state index contributed by atoms with van der Waals surface area (Å²) in [7, 11) is 0. The van der Waals surface area contributed by atoms with Gasteiger partial charge in [0.1, 0.15) is 0 Å². The smallest absolute Gasteiger partial charge is 0.242 e. The molecular formula is C19H27N3O3. The summed E-state index contributed by atoms with van der Waals surface area (Å²) in [4.78, 5) is 28.2. The van der Waals surface area contributed by atoms with Crippen LogP contribution in [0, 0.1) is 0 Å². The third-order valence-corrected chi connectivity index (χ3v) is 5.12. The van der Waals surface area contributed by atoms with Crippen LogP contribution < -0.4 is 5.32 Å². The van der Waals surface area contributed by atoms with E-state index in [4.69, 9.17) is 4.74 Å². The molecule has 2 saturated heterocycles. The van der Waals surface area contributed by atoms with E-state index in [9.17, 15) is 9.59 Å². The predicted molar refractivity (Wildman–Crippen MR) is 95.1 cm³/mol. The number of benzene rings is 1. The zero-order valence-electron chi connectivity index (χ0n) is 14.8. The second-order valence-corrected chi connectivity index (χ2v) is 6.76. The lowest BCUT2D eigenvalue weighted by molar-refractivity contribution is -0.133. The van der Waals surface area contributed by atoms with Crippen LogP contribution in [0.1, 0.15) is 18.9 Å². The zero-order chi connectivity index (χ0) is 17.6. The van der Waals surface area contributed by atoms with Gasteiger partial charge in [-0.25, -0.2) is 0 Å². The van der Waals surface area contributed by atoms with E-state index in [0.29, 0.717) is 6.04 Å². The highest BCUT2D eigenvalue weighted by atomic mass is 16.5. The van der Waals surface area contributed by atoms with E-state index in [0.717, 1.165) is 45.7 Å². The molecule has 6 nitrogen and oxygen atoms in total. The molecule has 1 N–H and O–H groups in total. The minimum atomic E-state index is -0.170. The Morgan fingerprint density at radius 2 is 1.88 bits per heavy atom. The lowest BCUT2D eigenvalue weighted by Crippen LogP contribution is -2.52. The van der Waals surface area contributed by atoms with Gasteiger partial charge in [0.15, 0.2) is 0 Å². The van der Waals surface area contributed by atoms with Crippen molar-refractivity contribution in [2.75, 3.05) is 39.4 Å². The lowest BCUT2D eigenvalue weighted by Gasteiger charge is -2.37. The van der Waals surface area contributed by atoms with Gasteiger partial charge in [0.25, 0.3) is 0 Å². The maximum atomic E-state index is 12.6. The first-order chi connectivity index (χ1) is 12.1. The Kier molecular flexibility index (Phi) is 6.04. The molecule has 2 fully saturated rings. The molecular weight excluding hydrogens is 318 g/mol. The average Bonchev–Trinajstić information content (AvgIpc) is 3.05. The summed E-state index contributed by atoms with van der Waals surface area (Å²) in [5, 5.41) is 2.64. The Morgan fingerprint density at radius 1 is 1.16 bits per heavy atom. The third-order valence-electron chi connectivity index (χ3n) is 5.12. The van der Waals surface area contributed by atoms with Crippen molar-refractivity contribution in [2.24, 2.45) is 0 Å². The molecule has 25 heavy (non-hydrogen) atoms. The molecule has 1 aromatic rings. The van der Waals surface area contributed by atoms with Crippen LogP contribution >= 0.6 is 0 Å². The molecule has 1 aromatic carbocycles. The summed E-state index contributed by atoms with van der Waals surface area (Å²) in [6.45, 7) is 5.62. The van der Waals surface area contributed by atoms with Crippen molar-refractivity contribution >= 4 is 11.8 Å². The number of nitrogens with zero attached hydrogens (tertiary/aromatic N) is 2. The van der Waals surface area contributed by atoms with Gasteiger partial charge < -0.3 is 15.0 Å². The number of carbonyl (C=O) groups is 2. The lowest BCUT2D eigenvalue weighted by atomic mass is 9.98. The molecule has 2 aliphatic rings. The third kappa shape index (κ3) is 4.58. The molecule has 2 atom stereocenters. The Morgan fingerprint density at radius 3 is 2.56 bits per heavy atom. The minimum absolute atomic E-state index is 0.00638. The van der Waals surface area contributed by atoms with Gasteiger partial charge in [0, 0.05) is 32.6 Å². The normalized spacial score (nSPS) is 24.3. The van der Waals surface area contributed by atoms with Gasteiger partial charge >= 0.3 is 0 Å². The summed E-state index contributed by atoms with van der Waals surface area (Å²) in [6.07, 6.45) is 1.82. The van der Waals surface area contributed by atoms with Crippen molar-refractivity contribution in [3.63, 3.8) is 0 Å². The van der Waals surface area contributed by atoms with Crippen molar-refractivity contribution in [1.82, 2.24) is 15.1 Å². The van der Waals surface area contributed by atoms with Crippen LogP contribution in [0.15, 0.2) is 30.3 Å². The average molecular weight is 345 g/mol. The number of carbonyl (C=O) groups excluding carboxylic acids is 2. The Bertz CT molecular complexity index is 587. The zero-order valence-corrected chi connectivity index (χ0v) is 14.8. The monoisotopic (exact) mass is 345 g/mol. The van der Waals surface area contributed by atoms with Crippen molar-refractivity contribution < 1.29 is 14.3 Å². The molecule has 6 heteroatoms. The molecule has 136 valence electrons. The van der Waals surface area contributed by atoms with Gasteiger partial charge in [0.2, 0.25) is 11.8 Å². The maximum absolute atomic E-state index is 12.6. The number of morpholine rings is 1. The fourth-order valence-electron chi connectivity index (χ4n) is 3.89. The Labute approximate surface area is 149 Å². The first kappa shape index (κ1) is 17.9. The molecule has 0 aliphatic carbocycles. The predicted octanol–water partition coefficient (Wildman–Crippen LogP) is 0.667. The van der Waals surface area contributed by atoms with Crippen LogP contribution in [0.5, 0.6) is 0 Å². The fourth-order valence-corrected chi connectivity index (χ4v) is 3.89. The van der Waals surface area contributed by atoms with Crippen molar-refractivity contribution in [3.8, 4) is 0 Å². The highest BCUT2D eigenvalue weighted by Crippen LogP contribution is 2.27. The Balaban J connectivity index is 1.74. The quantitative estimate of drug-likeness (QED) is 0.852. The number of nitrogens with one attached hydrogen (secondary N) is 1. The number of rotatable bonds is 5. The minimum Gasteiger partial charge on any atom is -0.379 e. The number of amides is 2. The standard InChI is InChI=1S/C19H27N3O3/c1-15(23)20-14-19(24)22-8-7-17(21-9-11-25-12-10-21)18(22)13-16-5-3-2-4-6-16/h2-6,17-18H,7-14H2,1H3,(H,20,23)/t17-,18+/m1/s1. The Hall–Kier alpha value is -1.92. The summed E-state index contributed by atoms with van der Waals surface area (Å²) in [5.41, 5.74) is 1.24. The van der Waals surface area contributed by atoms with E-state index < -0.39 is 0 Å². The maximum Gasteiger partial charge on any atom is 0.242 e. The molecule has 0 saturated carbocycles. The van der Waals surface area contributed by atoms with Crippen LogP contribution in [-0.4, -0.2) is 73.1 Å². The summed E-state index contributed by atoms with van der Waals surface area (Å²) >= 11 is 0. The van der Waals surface area contributed by atoms with Gasteiger partial charge in [-0.3, -0.25) is 14.5 Å². The van der Waals surface area contributed by atoms with Gasteiger partial charge in [-0.05, 0) is 18.4 Å². The van der Waals surface area contributed by atoms with Gasteiger partial charge in [-0.15, -0.1) is 0 Å². The van der Waals surface area contributed by atoms with E-state index >= 15 is 0 Å². The molecule has 3 rings (SSSR count). The molecule has 2 aliphatic heterocycles. The molecule has 2 heterocycles. The first-order valence-electron chi connectivity index (χ1n) is 9.05. The SMILES string of the molecule is CC(=O)NCC(=O)N1CC[C@@H](N2CCOCC2)[C@@H]1Cc1ccccc1. The van der Waals surface area contributed by atoms with Crippen LogP contribution in [-0.2, 0) is 20.7 Å². The van der Waals surface area contributed by atoms with Crippen LogP contribution in [0.4, 0.5) is 0 Å². The number of likely N-dealkylation sites (tertiary alicyclic amines) is 1. The second-order valence-electron chi connectivity index (χ2n) is 6.76. The van der Waals surface area contributed by atoms with Crippen LogP contribution in [0.3, 0.4) is 0 Å². The number of hydrogen-bond donors (Lipinski definition) is 1. The molecule has 2 amide bonds. The highest BCUT2D eigenvalue weighted by molar-refractivity contribution is 5.84. The number of hydrogen-bond acceptors (Lipinski definition) is 4. The van der Waals surface area contributed by atoms with Crippen molar-refractivity contribution in [1.29, 1.82) is 0 Å². The van der Waals surface area contributed by atoms with Crippen molar-refractivity contribution in [2.45, 2.75) is 31.8 Å². The van der Waals surface area contributed by atoms with Crippen molar-refractivity contribution in [3.05, 3.63) is 35.9 Å². The topological polar surface area (TPSA) is 61.9 Å². The molecule has 0 unspecified atom stereocenters. The second kappa shape index (κ2) is 8.45.